The Morgan fingerprint density at radius 3 is 2.58 bits per heavy atom. The molecule has 0 aliphatic heterocycles. The molecule has 0 fully saturated rings. The minimum atomic E-state index is -2.65. The predicted octanol–water partition coefficient (Wildman–Crippen LogP) is 3.70. The van der Waals surface area contributed by atoms with Crippen LogP contribution in [0.3, 0.4) is 0 Å². The van der Waals surface area contributed by atoms with E-state index in [2.05, 4.69) is 15.0 Å². The average molecular weight is 263 g/mol. The summed E-state index contributed by atoms with van der Waals surface area (Å²) in [5, 5.41) is 0.638. The van der Waals surface area contributed by atoms with Crippen LogP contribution in [0.25, 0.3) is 22.2 Å². The number of hydrogen-bond acceptors (Lipinski definition) is 2. The summed E-state index contributed by atoms with van der Waals surface area (Å²) in [5.74, 6) is -0.374. The normalized spacial score (nSPS) is 11.4. The minimum Gasteiger partial charge on any atom is -0.359 e. The highest BCUT2D eigenvalue weighted by atomic mass is 19.3. The van der Waals surface area contributed by atoms with Crippen molar-refractivity contribution in [1.82, 2.24) is 15.0 Å². The highest BCUT2D eigenvalue weighted by Crippen LogP contribution is 2.28. The Kier molecular flexibility index (Phi) is 2.70. The number of nitrogens with zero attached hydrogens (tertiary/aromatic N) is 2. The molecule has 1 aromatic carbocycles. The van der Waals surface area contributed by atoms with Crippen LogP contribution < -0.4 is 0 Å². The molecule has 2 aromatic heterocycles. The van der Waals surface area contributed by atoms with Gasteiger partial charge in [-0.1, -0.05) is 0 Å². The lowest BCUT2D eigenvalue weighted by Gasteiger charge is -2.04. The molecule has 0 aliphatic carbocycles. The van der Waals surface area contributed by atoms with Gasteiger partial charge in [-0.2, -0.15) is 0 Å². The van der Waals surface area contributed by atoms with E-state index in [1.807, 2.05) is 0 Å². The lowest BCUT2D eigenvalue weighted by Crippen LogP contribution is -1.94. The standard InChI is InChI=1S/C13H8F3N3/c14-9-2-1-7(8-3-4-17-12(8)9)10-5-19-11(6-18-10)13(15)16/h1-6,13,17H. The third kappa shape index (κ3) is 1.95. The fourth-order valence-corrected chi connectivity index (χ4v) is 1.93. The minimum absolute atomic E-state index is 0.359. The summed E-state index contributed by atoms with van der Waals surface area (Å²) in [7, 11) is 0. The van der Waals surface area contributed by atoms with Crippen molar-refractivity contribution in [3.63, 3.8) is 0 Å². The van der Waals surface area contributed by atoms with Gasteiger partial charge in [0, 0.05) is 17.1 Å². The Balaban J connectivity index is 2.14. The summed E-state index contributed by atoms with van der Waals surface area (Å²) in [6, 6.07) is 4.56. The summed E-state index contributed by atoms with van der Waals surface area (Å²) in [6.07, 6.45) is 1.25. The van der Waals surface area contributed by atoms with Gasteiger partial charge in [0.1, 0.15) is 11.5 Å². The van der Waals surface area contributed by atoms with Crippen molar-refractivity contribution < 1.29 is 13.2 Å². The Bertz CT molecular complexity index is 720. The molecule has 3 rings (SSSR count). The Morgan fingerprint density at radius 1 is 1.05 bits per heavy atom. The molecule has 1 N–H and O–H groups in total. The molecule has 0 radical (unpaired) electrons. The first kappa shape index (κ1) is 11.7. The van der Waals surface area contributed by atoms with Gasteiger partial charge in [-0.25, -0.2) is 13.2 Å². The SMILES string of the molecule is Fc1ccc(-c2cnc(C(F)F)cn2)c2cc[nH]c12. The van der Waals surface area contributed by atoms with E-state index in [-0.39, 0.29) is 11.5 Å². The van der Waals surface area contributed by atoms with E-state index >= 15 is 0 Å². The molecule has 0 saturated carbocycles. The maximum Gasteiger partial charge on any atom is 0.281 e. The van der Waals surface area contributed by atoms with Crippen molar-refractivity contribution in [2.24, 2.45) is 0 Å². The Morgan fingerprint density at radius 2 is 1.89 bits per heavy atom. The fourth-order valence-electron chi connectivity index (χ4n) is 1.93. The maximum atomic E-state index is 13.5. The largest absolute Gasteiger partial charge is 0.359 e. The second-order valence-electron chi connectivity index (χ2n) is 3.99. The highest BCUT2D eigenvalue weighted by molar-refractivity contribution is 5.94. The number of rotatable bonds is 2. The lowest BCUT2D eigenvalue weighted by molar-refractivity contribution is 0.145. The second-order valence-corrected chi connectivity index (χ2v) is 3.99. The molecule has 0 spiro atoms. The molecule has 3 aromatic rings. The first-order chi connectivity index (χ1) is 9.16. The van der Waals surface area contributed by atoms with Crippen molar-refractivity contribution in [2.75, 3.05) is 0 Å². The first-order valence-corrected chi connectivity index (χ1v) is 5.53. The summed E-state index contributed by atoms with van der Waals surface area (Å²) in [4.78, 5) is 10.4. The van der Waals surface area contributed by atoms with E-state index in [1.165, 1.54) is 12.3 Å². The number of nitrogens with one attached hydrogen (secondary N) is 1. The van der Waals surface area contributed by atoms with E-state index in [9.17, 15) is 13.2 Å². The average Bonchev–Trinajstić information content (AvgIpc) is 2.89. The molecular formula is C13H8F3N3. The van der Waals surface area contributed by atoms with Crippen LogP contribution in [0, 0.1) is 5.82 Å². The quantitative estimate of drug-likeness (QED) is 0.765. The van der Waals surface area contributed by atoms with Crippen LogP contribution in [0.2, 0.25) is 0 Å². The molecule has 2 heterocycles. The Labute approximate surface area is 106 Å². The highest BCUT2D eigenvalue weighted by Gasteiger charge is 2.12. The molecule has 96 valence electrons. The zero-order valence-corrected chi connectivity index (χ0v) is 9.57. The number of alkyl halides is 2. The van der Waals surface area contributed by atoms with Crippen LogP contribution in [-0.2, 0) is 0 Å². The van der Waals surface area contributed by atoms with Gasteiger partial charge in [0.2, 0.25) is 0 Å². The van der Waals surface area contributed by atoms with Crippen molar-refractivity contribution in [2.45, 2.75) is 6.43 Å². The van der Waals surface area contributed by atoms with Crippen molar-refractivity contribution in [3.05, 3.63) is 48.3 Å². The van der Waals surface area contributed by atoms with E-state index in [1.54, 1.807) is 18.3 Å². The van der Waals surface area contributed by atoms with Crippen molar-refractivity contribution in [1.29, 1.82) is 0 Å². The van der Waals surface area contributed by atoms with Crippen molar-refractivity contribution >= 4 is 10.9 Å². The van der Waals surface area contributed by atoms with Crippen molar-refractivity contribution in [3.8, 4) is 11.3 Å². The molecule has 19 heavy (non-hydrogen) atoms. The van der Waals surface area contributed by atoms with Crippen LogP contribution in [0.4, 0.5) is 13.2 Å². The molecule has 0 amide bonds. The monoisotopic (exact) mass is 263 g/mol. The van der Waals surface area contributed by atoms with Crippen LogP contribution in [0.1, 0.15) is 12.1 Å². The summed E-state index contributed by atoms with van der Waals surface area (Å²) in [6.45, 7) is 0. The molecule has 3 nitrogen and oxygen atoms in total. The molecular weight excluding hydrogens is 255 g/mol. The van der Waals surface area contributed by atoms with Gasteiger partial charge in [-0.15, -0.1) is 0 Å². The fraction of sp³-hybridized carbons (Fsp3) is 0.0769. The summed E-state index contributed by atoms with van der Waals surface area (Å²) in [5.41, 5.74) is 1.05. The van der Waals surface area contributed by atoms with Gasteiger partial charge in [0.15, 0.2) is 0 Å². The van der Waals surface area contributed by atoms with E-state index in [0.29, 0.717) is 22.2 Å². The van der Waals surface area contributed by atoms with Gasteiger partial charge in [0.05, 0.1) is 23.6 Å². The first-order valence-electron chi connectivity index (χ1n) is 5.53. The number of H-pyrrole nitrogens is 1. The topological polar surface area (TPSA) is 41.6 Å². The molecule has 0 bridgehead atoms. The van der Waals surface area contributed by atoms with Gasteiger partial charge in [-0.3, -0.25) is 9.97 Å². The number of hydrogen-bond donors (Lipinski definition) is 1. The molecule has 0 atom stereocenters. The van der Waals surface area contributed by atoms with Gasteiger partial charge >= 0.3 is 0 Å². The number of benzene rings is 1. The zero-order valence-electron chi connectivity index (χ0n) is 9.57. The maximum absolute atomic E-state index is 13.5. The van der Waals surface area contributed by atoms with Crippen LogP contribution in [-0.4, -0.2) is 15.0 Å². The van der Waals surface area contributed by atoms with E-state index < -0.39 is 6.43 Å². The van der Waals surface area contributed by atoms with Gasteiger partial charge in [0.25, 0.3) is 6.43 Å². The second kappa shape index (κ2) is 4.38. The third-order valence-corrected chi connectivity index (χ3v) is 2.84. The molecule has 0 saturated heterocycles. The predicted molar refractivity (Wildman–Crippen MR) is 64.2 cm³/mol. The summed E-state index contributed by atoms with van der Waals surface area (Å²) >= 11 is 0. The number of fused-ring (bicyclic) bond motifs is 1. The molecule has 0 aliphatic rings. The van der Waals surface area contributed by atoms with Gasteiger partial charge < -0.3 is 4.98 Å². The van der Waals surface area contributed by atoms with Crippen LogP contribution >= 0.6 is 0 Å². The zero-order chi connectivity index (χ0) is 13.4. The van der Waals surface area contributed by atoms with Crippen LogP contribution in [0.5, 0.6) is 0 Å². The van der Waals surface area contributed by atoms with Crippen LogP contribution in [0.15, 0.2) is 36.8 Å². The lowest BCUT2D eigenvalue weighted by atomic mass is 10.1. The Hall–Kier alpha value is -2.37. The smallest absolute Gasteiger partial charge is 0.281 e. The molecule has 0 unspecified atom stereocenters. The van der Waals surface area contributed by atoms with Gasteiger partial charge in [-0.05, 0) is 18.2 Å². The number of aromatic amines is 1. The molecule has 6 heteroatoms. The number of aromatic nitrogens is 3. The third-order valence-electron chi connectivity index (χ3n) is 2.84. The van der Waals surface area contributed by atoms with E-state index in [0.717, 1.165) is 6.20 Å². The summed E-state index contributed by atoms with van der Waals surface area (Å²) < 4.78 is 38.3. The van der Waals surface area contributed by atoms with E-state index in [4.69, 9.17) is 0 Å². The number of halogens is 3.